The van der Waals surface area contributed by atoms with E-state index < -0.39 is 0 Å². The first-order valence-electron chi connectivity index (χ1n) is 7.60. The maximum atomic E-state index is 4.35. The molecule has 1 aliphatic rings. The summed E-state index contributed by atoms with van der Waals surface area (Å²) in [7, 11) is 2.04. The van der Waals surface area contributed by atoms with E-state index >= 15 is 0 Å². The van der Waals surface area contributed by atoms with Crippen LogP contribution in [0.4, 0.5) is 0 Å². The molecule has 1 aromatic heterocycles. The third-order valence-electron chi connectivity index (χ3n) is 4.37. The first-order valence-corrected chi connectivity index (χ1v) is 7.60. The fourth-order valence-electron chi connectivity index (χ4n) is 3.38. The second-order valence-electron chi connectivity index (χ2n) is 5.66. The normalized spacial score (nSPS) is 19.0. The highest BCUT2D eigenvalue weighted by molar-refractivity contribution is 5.37. The molecule has 0 saturated heterocycles. The average molecular weight is 269 g/mol. The van der Waals surface area contributed by atoms with E-state index in [0.29, 0.717) is 12.0 Å². The molecule has 0 radical (unpaired) electrons. The topological polar surface area (TPSA) is 29.9 Å². The van der Waals surface area contributed by atoms with Crippen LogP contribution < -0.4 is 5.32 Å². The Balaban J connectivity index is 1.93. The van der Waals surface area contributed by atoms with Crippen LogP contribution in [-0.4, -0.2) is 16.3 Å². The third-order valence-corrected chi connectivity index (χ3v) is 4.37. The van der Waals surface area contributed by atoms with Crippen molar-refractivity contribution in [1.29, 1.82) is 0 Å². The summed E-state index contributed by atoms with van der Waals surface area (Å²) in [6, 6.07) is 11.4. The Bertz CT molecular complexity index is 573. The van der Waals surface area contributed by atoms with Gasteiger partial charge in [-0.1, -0.05) is 31.2 Å². The van der Waals surface area contributed by atoms with Crippen molar-refractivity contribution in [2.24, 2.45) is 7.05 Å². The van der Waals surface area contributed by atoms with Gasteiger partial charge in [-0.15, -0.1) is 0 Å². The smallest absolute Gasteiger partial charge is 0.0561 e. The van der Waals surface area contributed by atoms with Crippen molar-refractivity contribution >= 4 is 0 Å². The van der Waals surface area contributed by atoms with Crippen molar-refractivity contribution in [2.75, 3.05) is 6.54 Å². The molecule has 0 aliphatic heterocycles. The van der Waals surface area contributed by atoms with Gasteiger partial charge in [-0.05, 0) is 43.0 Å². The molecule has 2 atom stereocenters. The minimum Gasteiger partial charge on any atom is -0.308 e. The molecular weight excluding hydrogens is 246 g/mol. The minimum absolute atomic E-state index is 0.367. The lowest BCUT2D eigenvalue weighted by Gasteiger charge is -2.26. The van der Waals surface area contributed by atoms with E-state index in [1.165, 1.54) is 29.7 Å². The van der Waals surface area contributed by atoms with Gasteiger partial charge in [-0.25, -0.2) is 0 Å². The fraction of sp³-hybridized carbons (Fsp3) is 0.471. The van der Waals surface area contributed by atoms with Crippen molar-refractivity contribution in [1.82, 2.24) is 15.1 Å². The van der Waals surface area contributed by atoms with Gasteiger partial charge in [0.15, 0.2) is 0 Å². The van der Waals surface area contributed by atoms with Crippen molar-refractivity contribution < 1.29 is 0 Å². The van der Waals surface area contributed by atoms with E-state index in [9.17, 15) is 0 Å². The van der Waals surface area contributed by atoms with Crippen molar-refractivity contribution in [3.63, 3.8) is 0 Å². The molecule has 2 aromatic rings. The SMILES string of the molecule is CCCNC(c1ccnn1C)C1CCc2ccccc21. The first-order chi connectivity index (χ1) is 9.81. The van der Waals surface area contributed by atoms with Gasteiger partial charge >= 0.3 is 0 Å². The van der Waals surface area contributed by atoms with E-state index in [1.54, 1.807) is 0 Å². The van der Waals surface area contributed by atoms with E-state index in [0.717, 1.165) is 13.0 Å². The maximum Gasteiger partial charge on any atom is 0.0561 e. The van der Waals surface area contributed by atoms with Crippen molar-refractivity contribution in [3.8, 4) is 0 Å². The third kappa shape index (κ3) is 2.38. The quantitative estimate of drug-likeness (QED) is 0.903. The summed E-state index contributed by atoms with van der Waals surface area (Å²) in [6.07, 6.45) is 5.48. The highest BCUT2D eigenvalue weighted by Gasteiger charge is 2.31. The molecule has 20 heavy (non-hydrogen) atoms. The monoisotopic (exact) mass is 269 g/mol. The van der Waals surface area contributed by atoms with Gasteiger partial charge in [0.1, 0.15) is 0 Å². The number of nitrogens with one attached hydrogen (secondary N) is 1. The predicted molar refractivity (Wildman–Crippen MR) is 81.7 cm³/mol. The lowest BCUT2D eigenvalue weighted by atomic mass is 9.91. The standard InChI is InChI=1S/C17H23N3/c1-3-11-18-17(16-10-12-19-20(16)2)15-9-8-13-6-4-5-7-14(13)15/h4-7,10,12,15,17-18H,3,8-9,11H2,1-2H3. The number of hydrogen-bond donors (Lipinski definition) is 1. The Morgan fingerprint density at radius 2 is 2.20 bits per heavy atom. The van der Waals surface area contributed by atoms with Crippen LogP contribution in [0.3, 0.4) is 0 Å². The predicted octanol–water partition coefficient (Wildman–Crippen LogP) is 3.19. The molecule has 1 aliphatic carbocycles. The van der Waals surface area contributed by atoms with E-state index in [2.05, 4.69) is 47.7 Å². The Labute approximate surface area is 121 Å². The molecule has 1 heterocycles. The van der Waals surface area contributed by atoms with Gasteiger partial charge in [0.25, 0.3) is 0 Å². The molecule has 0 amide bonds. The molecule has 0 spiro atoms. The van der Waals surface area contributed by atoms with Crippen LogP contribution >= 0.6 is 0 Å². The molecule has 106 valence electrons. The minimum atomic E-state index is 0.367. The molecule has 1 aromatic carbocycles. The fourth-order valence-corrected chi connectivity index (χ4v) is 3.38. The summed E-state index contributed by atoms with van der Waals surface area (Å²) in [4.78, 5) is 0. The molecule has 3 heteroatoms. The molecule has 2 unspecified atom stereocenters. The summed E-state index contributed by atoms with van der Waals surface area (Å²) in [6.45, 7) is 3.27. The van der Waals surface area contributed by atoms with Gasteiger partial charge < -0.3 is 5.32 Å². The zero-order valence-corrected chi connectivity index (χ0v) is 12.3. The molecule has 0 fully saturated rings. The molecule has 3 rings (SSSR count). The van der Waals surface area contributed by atoms with Crippen molar-refractivity contribution in [2.45, 2.75) is 38.1 Å². The van der Waals surface area contributed by atoms with Crippen LogP contribution in [0.2, 0.25) is 0 Å². The van der Waals surface area contributed by atoms with Crippen LogP contribution in [0.5, 0.6) is 0 Å². The second-order valence-corrected chi connectivity index (χ2v) is 5.66. The number of rotatable bonds is 5. The van der Waals surface area contributed by atoms with Crippen LogP contribution in [0.15, 0.2) is 36.5 Å². The van der Waals surface area contributed by atoms with E-state index in [1.807, 2.05) is 17.9 Å². The molecule has 1 N–H and O–H groups in total. The Kier molecular flexibility index (Phi) is 3.88. The molecule has 0 saturated carbocycles. The summed E-state index contributed by atoms with van der Waals surface area (Å²) >= 11 is 0. The van der Waals surface area contributed by atoms with Crippen LogP contribution in [0.1, 0.15) is 48.5 Å². The van der Waals surface area contributed by atoms with Gasteiger partial charge in [0.2, 0.25) is 0 Å². The Morgan fingerprint density at radius 1 is 1.35 bits per heavy atom. The lowest BCUT2D eigenvalue weighted by Crippen LogP contribution is -2.28. The van der Waals surface area contributed by atoms with Crippen LogP contribution in [0.25, 0.3) is 0 Å². The maximum absolute atomic E-state index is 4.35. The Morgan fingerprint density at radius 3 is 2.95 bits per heavy atom. The number of aromatic nitrogens is 2. The number of benzene rings is 1. The van der Waals surface area contributed by atoms with E-state index in [-0.39, 0.29) is 0 Å². The van der Waals surface area contributed by atoms with Crippen molar-refractivity contribution in [3.05, 3.63) is 53.3 Å². The van der Waals surface area contributed by atoms with Crippen LogP contribution in [-0.2, 0) is 13.5 Å². The van der Waals surface area contributed by atoms with Gasteiger partial charge in [-0.3, -0.25) is 4.68 Å². The summed E-state index contributed by atoms with van der Waals surface area (Å²) in [5.41, 5.74) is 4.32. The molecular formula is C17H23N3. The largest absolute Gasteiger partial charge is 0.308 e. The number of fused-ring (bicyclic) bond motifs is 1. The number of hydrogen-bond acceptors (Lipinski definition) is 2. The van der Waals surface area contributed by atoms with Crippen LogP contribution in [0, 0.1) is 0 Å². The second kappa shape index (κ2) is 5.80. The zero-order valence-electron chi connectivity index (χ0n) is 12.3. The highest BCUT2D eigenvalue weighted by atomic mass is 15.3. The summed E-state index contributed by atoms with van der Waals surface area (Å²) < 4.78 is 2.01. The number of nitrogens with zero attached hydrogens (tertiary/aromatic N) is 2. The first kappa shape index (κ1) is 13.4. The van der Waals surface area contributed by atoms with Gasteiger partial charge in [-0.2, -0.15) is 5.10 Å². The zero-order chi connectivity index (χ0) is 13.9. The summed E-state index contributed by atoms with van der Waals surface area (Å²) in [5.74, 6) is 0.563. The highest BCUT2D eigenvalue weighted by Crippen LogP contribution is 2.41. The van der Waals surface area contributed by atoms with E-state index in [4.69, 9.17) is 0 Å². The van der Waals surface area contributed by atoms with Gasteiger partial charge in [0, 0.05) is 19.2 Å². The molecule has 0 bridgehead atoms. The number of aryl methyl sites for hydroxylation is 2. The summed E-state index contributed by atoms with van der Waals surface area (Å²) in [5, 5.41) is 8.08. The molecule has 3 nitrogen and oxygen atoms in total. The Hall–Kier alpha value is -1.61. The average Bonchev–Trinajstić information content (AvgIpc) is 3.07. The van der Waals surface area contributed by atoms with Gasteiger partial charge in [0.05, 0.1) is 11.7 Å². The lowest BCUT2D eigenvalue weighted by molar-refractivity contribution is 0.419.